The van der Waals surface area contributed by atoms with Crippen molar-refractivity contribution in [3.8, 4) is 11.8 Å². The monoisotopic (exact) mass is 207 g/mol. The molecule has 1 N–H and O–H groups in total. The molecule has 1 rings (SSSR count). The Hall–Kier alpha value is -0.970. The summed E-state index contributed by atoms with van der Waals surface area (Å²) in [6, 6.07) is 8.19. The molecule has 74 valence electrons. The normalized spacial score (nSPS) is 9.29. The predicted molar refractivity (Wildman–Crippen MR) is 61.4 cm³/mol. The number of halogens is 1. The van der Waals surface area contributed by atoms with Gasteiger partial charge in [0.2, 0.25) is 0 Å². The van der Waals surface area contributed by atoms with Gasteiger partial charge in [0.05, 0.1) is 5.88 Å². The van der Waals surface area contributed by atoms with E-state index in [1.54, 1.807) is 0 Å². The molecular formula is C12H14ClN. The van der Waals surface area contributed by atoms with E-state index in [-0.39, 0.29) is 0 Å². The first kappa shape index (κ1) is 11.1. The number of benzene rings is 1. The van der Waals surface area contributed by atoms with Crippen molar-refractivity contribution in [2.24, 2.45) is 0 Å². The van der Waals surface area contributed by atoms with Crippen molar-refractivity contribution in [1.82, 2.24) is 5.32 Å². The fourth-order valence-corrected chi connectivity index (χ4v) is 1.23. The molecule has 0 unspecified atom stereocenters. The van der Waals surface area contributed by atoms with E-state index < -0.39 is 0 Å². The van der Waals surface area contributed by atoms with Crippen LogP contribution in [-0.4, -0.2) is 12.4 Å². The third kappa shape index (κ3) is 3.83. The number of nitrogens with one attached hydrogen (secondary N) is 1. The highest BCUT2D eigenvalue weighted by Gasteiger charge is 1.92. The standard InChI is InChI=1S/C12H14ClN/c1-2-14-10-12-6-3-5-11(9-12)7-4-8-13/h3,5-6,9,14H,2,8,10H2,1H3. The van der Waals surface area contributed by atoms with Crippen molar-refractivity contribution in [2.75, 3.05) is 12.4 Å². The molecular weight excluding hydrogens is 194 g/mol. The van der Waals surface area contributed by atoms with Crippen LogP contribution in [-0.2, 0) is 6.54 Å². The van der Waals surface area contributed by atoms with Crippen molar-refractivity contribution < 1.29 is 0 Å². The van der Waals surface area contributed by atoms with Crippen molar-refractivity contribution in [3.05, 3.63) is 35.4 Å². The molecule has 1 aromatic rings. The van der Waals surface area contributed by atoms with Gasteiger partial charge in [0, 0.05) is 12.1 Å². The molecule has 1 nitrogen and oxygen atoms in total. The van der Waals surface area contributed by atoms with Crippen LogP contribution in [0.2, 0.25) is 0 Å². The average molecular weight is 208 g/mol. The highest BCUT2D eigenvalue weighted by Crippen LogP contribution is 2.03. The van der Waals surface area contributed by atoms with Crippen LogP contribution in [0.4, 0.5) is 0 Å². The molecule has 0 aliphatic rings. The summed E-state index contributed by atoms with van der Waals surface area (Å²) in [5.74, 6) is 6.23. The molecule has 0 atom stereocenters. The predicted octanol–water partition coefficient (Wildman–Crippen LogP) is 2.39. The maximum Gasteiger partial charge on any atom is 0.0839 e. The summed E-state index contributed by atoms with van der Waals surface area (Å²) in [4.78, 5) is 0. The highest BCUT2D eigenvalue weighted by molar-refractivity contribution is 6.19. The molecule has 0 fully saturated rings. The second-order valence-corrected chi connectivity index (χ2v) is 3.18. The number of alkyl halides is 1. The zero-order valence-electron chi connectivity index (χ0n) is 8.31. The SMILES string of the molecule is CCNCc1cccc(C#CCCl)c1. The van der Waals surface area contributed by atoms with Crippen molar-refractivity contribution >= 4 is 11.6 Å². The lowest BCUT2D eigenvalue weighted by molar-refractivity contribution is 0.727. The largest absolute Gasteiger partial charge is 0.313 e. The van der Waals surface area contributed by atoms with E-state index in [2.05, 4.69) is 36.2 Å². The van der Waals surface area contributed by atoms with E-state index in [4.69, 9.17) is 11.6 Å². The van der Waals surface area contributed by atoms with Crippen LogP contribution in [0, 0.1) is 11.8 Å². The van der Waals surface area contributed by atoms with E-state index in [9.17, 15) is 0 Å². The highest BCUT2D eigenvalue weighted by atomic mass is 35.5. The maximum atomic E-state index is 5.49. The van der Waals surface area contributed by atoms with Crippen molar-refractivity contribution in [1.29, 1.82) is 0 Å². The summed E-state index contributed by atoms with van der Waals surface area (Å²) in [6.07, 6.45) is 0. The van der Waals surface area contributed by atoms with Gasteiger partial charge >= 0.3 is 0 Å². The zero-order valence-corrected chi connectivity index (χ0v) is 9.06. The summed E-state index contributed by atoms with van der Waals surface area (Å²) >= 11 is 5.49. The fourth-order valence-electron chi connectivity index (χ4n) is 1.16. The first-order chi connectivity index (χ1) is 6.86. The first-order valence-electron chi connectivity index (χ1n) is 4.71. The second kappa shape index (κ2) is 6.48. The maximum absolute atomic E-state index is 5.49. The Morgan fingerprint density at radius 3 is 3.00 bits per heavy atom. The molecule has 0 heterocycles. The Morgan fingerprint density at radius 2 is 2.29 bits per heavy atom. The lowest BCUT2D eigenvalue weighted by Crippen LogP contribution is -2.11. The quantitative estimate of drug-likeness (QED) is 0.593. The molecule has 0 radical (unpaired) electrons. The Kier molecular flexibility index (Phi) is 5.14. The number of hydrogen-bond donors (Lipinski definition) is 1. The molecule has 0 amide bonds. The topological polar surface area (TPSA) is 12.0 Å². The van der Waals surface area contributed by atoms with Crippen LogP contribution in [0.5, 0.6) is 0 Å². The van der Waals surface area contributed by atoms with Crippen LogP contribution < -0.4 is 5.32 Å². The third-order valence-corrected chi connectivity index (χ3v) is 1.94. The number of rotatable bonds is 3. The molecule has 0 aliphatic heterocycles. The minimum absolute atomic E-state index is 0.386. The Morgan fingerprint density at radius 1 is 1.43 bits per heavy atom. The Bertz CT molecular complexity index is 336. The Labute approximate surface area is 90.5 Å². The fraction of sp³-hybridized carbons (Fsp3) is 0.333. The van der Waals surface area contributed by atoms with Crippen LogP contribution >= 0.6 is 11.6 Å². The van der Waals surface area contributed by atoms with E-state index in [1.165, 1.54) is 5.56 Å². The van der Waals surface area contributed by atoms with Crippen molar-refractivity contribution in [2.45, 2.75) is 13.5 Å². The van der Waals surface area contributed by atoms with E-state index in [0.717, 1.165) is 18.7 Å². The molecule has 0 aromatic heterocycles. The van der Waals surface area contributed by atoms with Crippen LogP contribution in [0.1, 0.15) is 18.1 Å². The Balaban J connectivity index is 2.68. The minimum Gasteiger partial charge on any atom is -0.313 e. The lowest BCUT2D eigenvalue weighted by atomic mass is 10.1. The van der Waals surface area contributed by atoms with Gasteiger partial charge in [-0.25, -0.2) is 0 Å². The smallest absolute Gasteiger partial charge is 0.0839 e. The van der Waals surface area contributed by atoms with E-state index in [0.29, 0.717) is 5.88 Å². The molecule has 1 aromatic carbocycles. The molecule has 0 saturated heterocycles. The first-order valence-corrected chi connectivity index (χ1v) is 5.24. The third-order valence-electron chi connectivity index (χ3n) is 1.81. The molecule has 0 aliphatic carbocycles. The van der Waals surface area contributed by atoms with Gasteiger partial charge in [-0.1, -0.05) is 30.9 Å². The van der Waals surface area contributed by atoms with Gasteiger partial charge in [0.15, 0.2) is 0 Å². The van der Waals surface area contributed by atoms with Gasteiger partial charge in [-0.05, 0) is 24.2 Å². The van der Waals surface area contributed by atoms with Gasteiger partial charge in [0.1, 0.15) is 0 Å². The molecule has 0 saturated carbocycles. The number of hydrogen-bond acceptors (Lipinski definition) is 1. The van der Waals surface area contributed by atoms with Gasteiger partial charge in [-0.3, -0.25) is 0 Å². The summed E-state index contributed by atoms with van der Waals surface area (Å²) < 4.78 is 0. The zero-order chi connectivity index (χ0) is 10.2. The minimum atomic E-state index is 0.386. The molecule has 0 bridgehead atoms. The average Bonchev–Trinajstić information content (AvgIpc) is 2.24. The van der Waals surface area contributed by atoms with Crippen LogP contribution in [0.25, 0.3) is 0 Å². The molecule has 0 spiro atoms. The van der Waals surface area contributed by atoms with Gasteiger partial charge in [-0.15, -0.1) is 11.6 Å². The summed E-state index contributed by atoms with van der Waals surface area (Å²) in [6.45, 7) is 3.97. The van der Waals surface area contributed by atoms with Crippen LogP contribution in [0.15, 0.2) is 24.3 Å². The van der Waals surface area contributed by atoms with Gasteiger partial charge in [0.25, 0.3) is 0 Å². The van der Waals surface area contributed by atoms with Crippen LogP contribution in [0.3, 0.4) is 0 Å². The van der Waals surface area contributed by atoms with Crippen molar-refractivity contribution in [3.63, 3.8) is 0 Å². The van der Waals surface area contributed by atoms with E-state index >= 15 is 0 Å². The van der Waals surface area contributed by atoms with Gasteiger partial charge in [-0.2, -0.15) is 0 Å². The van der Waals surface area contributed by atoms with E-state index in [1.807, 2.05) is 12.1 Å². The lowest BCUT2D eigenvalue weighted by Gasteiger charge is -2.01. The summed E-state index contributed by atoms with van der Waals surface area (Å²) in [5.41, 5.74) is 2.29. The second-order valence-electron chi connectivity index (χ2n) is 2.92. The molecule has 14 heavy (non-hydrogen) atoms. The van der Waals surface area contributed by atoms with Gasteiger partial charge < -0.3 is 5.32 Å². The molecule has 2 heteroatoms. The summed E-state index contributed by atoms with van der Waals surface area (Å²) in [5, 5.41) is 3.27. The summed E-state index contributed by atoms with van der Waals surface area (Å²) in [7, 11) is 0.